The summed E-state index contributed by atoms with van der Waals surface area (Å²) in [5.41, 5.74) is 20.0. The fourth-order valence-corrected chi connectivity index (χ4v) is 5.77. The summed E-state index contributed by atoms with van der Waals surface area (Å²) in [6.07, 6.45) is 0. The maximum atomic E-state index is 13.6. The zero-order valence-corrected chi connectivity index (χ0v) is 18.8. The van der Waals surface area contributed by atoms with Crippen LogP contribution in [0.3, 0.4) is 0 Å². The number of aromatic carboxylic acids is 1. The number of ether oxygens (including phenoxy) is 1. The summed E-state index contributed by atoms with van der Waals surface area (Å²) in [6, 6.07) is 13.7. The first-order chi connectivity index (χ1) is 16.1. The van der Waals surface area contributed by atoms with Crippen LogP contribution >= 0.6 is 11.3 Å². The molecule has 34 heavy (non-hydrogen) atoms. The molecule has 1 aliphatic carbocycles. The molecular formula is C25H21N3O5S. The van der Waals surface area contributed by atoms with Crippen LogP contribution in [0.25, 0.3) is 10.1 Å². The fourth-order valence-electron chi connectivity index (χ4n) is 4.63. The molecule has 0 amide bonds. The van der Waals surface area contributed by atoms with Gasteiger partial charge in [0.05, 0.1) is 10.7 Å². The van der Waals surface area contributed by atoms with Gasteiger partial charge in [0.25, 0.3) is 0 Å². The number of thiophene rings is 1. The van der Waals surface area contributed by atoms with Crippen molar-refractivity contribution in [3.8, 4) is 17.2 Å². The van der Waals surface area contributed by atoms with E-state index in [2.05, 4.69) is 0 Å². The van der Waals surface area contributed by atoms with Gasteiger partial charge in [-0.15, -0.1) is 11.3 Å². The number of nitrogens with two attached hydrogens (primary N) is 3. The molecule has 1 aliphatic rings. The van der Waals surface area contributed by atoms with Gasteiger partial charge in [-0.2, -0.15) is 0 Å². The number of Topliss-reactive ketones (excluding diaryl/α,β-unsaturated/α-hetero) is 1. The molecule has 2 atom stereocenters. The number of aromatic hydroxyl groups is 1. The van der Waals surface area contributed by atoms with Crippen molar-refractivity contribution in [3.63, 3.8) is 0 Å². The number of carbonyl (C=O) groups excluding carboxylic acids is 1. The number of carbonyl (C=O) groups is 2. The van der Waals surface area contributed by atoms with Gasteiger partial charge >= 0.3 is 5.97 Å². The van der Waals surface area contributed by atoms with Crippen molar-refractivity contribution in [2.45, 2.75) is 18.5 Å². The second-order valence-electron chi connectivity index (χ2n) is 8.25. The number of rotatable bonds is 4. The number of aryl methyl sites for hydroxylation is 1. The van der Waals surface area contributed by atoms with Crippen molar-refractivity contribution in [2.75, 3.05) is 5.73 Å². The lowest BCUT2D eigenvalue weighted by Crippen LogP contribution is -2.52. The lowest BCUT2D eigenvalue weighted by atomic mass is 9.69. The van der Waals surface area contributed by atoms with Gasteiger partial charge in [0.1, 0.15) is 16.2 Å². The van der Waals surface area contributed by atoms with Crippen molar-refractivity contribution in [1.82, 2.24) is 0 Å². The van der Waals surface area contributed by atoms with E-state index in [0.29, 0.717) is 38.2 Å². The van der Waals surface area contributed by atoms with E-state index in [1.165, 1.54) is 6.07 Å². The van der Waals surface area contributed by atoms with E-state index in [0.717, 1.165) is 11.3 Å². The molecule has 0 aliphatic heterocycles. The van der Waals surface area contributed by atoms with E-state index in [1.54, 1.807) is 55.5 Å². The standard InChI is InChI=1S/C25H21N3O5S/c1-11-10-12(33-17-5-3-2-4-16(17)29)6-7-13(11)25(28)14-8-9-15(26)21-18(14)19(20(27)23(25)30)22(34-21)24(31)32/h2-10,20,29H,26-28H2,1H3,(H,31,32). The third-order valence-electron chi connectivity index (χ3n) is 6.22. The van der Waals surface area contributed by atoms with Crippen LogP contribution in [0, 0.1) is 6.92 Å². The predicted molar refractivity (Wildman–Crippen MR) is 129 cm³/mol. The molecule has 0 saturated carbocycles. The SMILES string of the molecule is Cc1cc(Oc2ccccc2O)ccc1C1(N)C(=O)C(N)c2c(C(=O)O)sc3c(N)ccc1c23. The molecule has 8 nitrogen and oxygen atoms in total. The summed E-state index contributed by atoms with van der Waals surface area (Å²) in [4.78, 5) is 25.5. The van der Waals surface area contributed by atoms with E-state index in [9.17, 15) is 19.8 Å². The largest absolute Gasteiger partial charge is 0.504 e. The number of carboxylic acid groups (broad SMARTS) is 1. The molecule has 4 aromatic rings. The van der Waals surface area contributed by atoms with Crippen LogP contribution in [-0.4, -0.2) is 22.0 Å². The van der Waals surface area contributed by atoms with Crippen molar-refractivity contribution in [2.24, 2.45) is 11.5 Å². The molecule has 0 fully saturated rings. The normalized spacial score (nSPS) is 19.4. The smallest absolute Gasteiger partial charge is 0.346 e. The Morgan fingerprint density at radius 1 is 1.12 bits per heavy atom. The first kappa shape index (κ1) is 21.9. The number of ketones is 1. The van der Waals surface area contributed by atoms with E-state index in [1.807, 2.05) is 0 Å². The molecule has 0 saturated heterocycles. The predicted octanol–water partition coefficient (Wildman–Crippen LogP) is 3.77. The lowest BCUT2D eigenvalue weighted by molar-refractivity contribution is -0.124. The fraction of sp³-hybridized carbons (Fsp3) is 0.120. The summed E-state index contributed by atoms with van der Waals surface area (Å²) in [5.74, 6) is -0.944. The van der Waals surface area contributed by atoms with Crippen LogP contribution in [0.15, 0.2) is 54.6 Å². The second kappa shape index (κ2) is 7.56. The number of anilines is 1. The number of nitrogen functional groups attached to an aromatic ring is 1. The zero-order valence-electron chi connectivity index (χ0n) is 18.0. The van der Waals surface area contributed by atoms with E-state index in [4.69, 9.17) is 21.9 Å². The molecule has 8 N–H and O–H groups in total. The Hall–Kier alpha value is -3.92. The van der Waals surface area contributed by atoms with Crippen LogP contribution in [-0.2, 0) is 10.3 Å². The molecule has 2 unspecified atom stereocenters. The van der Waals surface area contributed by atoms with Gasteiger partial charge in [0.15, 0.2) is 17.3 Å². The van der Waals surface area contributed by atoms with E-state index >= 15 is 0 Å². The average Bonchev–Trinajstić information content (AvgIpc) is 3.21. The average molecular weight is 476 g/mol. The van der Waals surface area contributed by atoms with Crippen molar-refractivity contribution in [3.05, 3.63) is 81.7 Å². The minimum Gasteiger partial charge on any atom is -0.504 e. The Morgan fingerprint density at radius 3 is 2.50 bits per heavy atom. The number of benzene rings is 3. The van der Waals surface area contributed by atoms with Crippen molar-refractivity contribution >= 4 is 38.9 Å². The van der Waals surface area contributed by atoms with Gasteiger partial charge in [0.2, 0.25) is 0 Å². The monoisotopic (exact) mass is 475 g/mol. The Kier molecular flexibility index (Phi) is 4.87. The molecule has 172 valence electrons. The quantitative estimate of drug-likeness (QED) is 0.279. The van der Waals surface area contributed by atoms with Gasteiger partial charge < -0.3 is 32.2 Å². The Morgan fingerprint density at radius 2 is 1.82 bits per heavy atom. The highest BCUT2D eigenvalue weighted by Gasteiger charge is 2.49. The first-order valence-electron chi connectivity index (χ1n) is 10.4. The maximum absolute atomic E-state index is 13.6. The number of phenols is 1. The van der Waals surface area contributed by atoms with E-state index < -0.39 is 23.3 Å². The number of hydrogen-bond acceptors (Lipinski definition) is 8. The Bertz CT molecular complexity index is 1510. The molecular weight excluding hydrogens is 454 g/mol. The van der Waals surface area contributed by atoms with Crippen LogP contribution in [0.5, 0.6) is 17.2 Å². The molecule has 5 rings (SSSR count). The topological polar surface area (TPSA) is 162 Å². The van der Waals surface area contributed by atoms with Crippen LogP contribution < -0.4 is 21.9 Å². The molecule has 0 spiro atoms. The highest BCUT2D eigenvalue weighted by atomic mass is 32.1. The van der Waals surface area contributed by atoms with E-state index in [-0.39, 0.29) is 21.9 Å². The van der Waals surface area contributed by atoms with Gasteiger partial charge in [0, 0.05) is 16.6 Å². The van der Waals surface area contributed by atoms with Gasteiger partial charge in [-0.1, -0.05) is 24.3 Å². The lowest BCUT2D eigenvalue weighted by Gasteiger charge is -2.37. The van der Waals surface area contributed by atoms with Crippen LogP contribution in [0.1, 0.15) is 38.0 Å². The van der Waals surface area contributed by atoms with Gasteiger partial charge in [-0.3, -0.25) is 4.79 Å². The second-order valence-corrected chi connectivity index (χ2v) is 9.27. The summed E-state index contributed by atoms with van der Waals surface area (Å²) in [5, 5.41) is 20.2. The van der Waals surface area contributed by atoms with Crippen molar-refractivity contribution < 1.29 is 24.5 Å². The highest BCUT2D eigenvalue weighted by Crippen LogP contribution is 2.50. The summed E-state index contributed by atoms with van der Waals surface area (Å²) in [7, 11) is 0. The summed E-state index contributed by atoms with van der Waals surface area (Å²) < 4.78 is 6.33. The maximum Gasteiger partial charge on any atom is 0.346 e. The number of phenolic OH excluding ortho intramolecular Hbond substituents is 1. The molecule has 1 heterocycles. The minimum atomic E-state index is -1.62. The Balaban J connectivity index is 1.69. The molecule has 0 bridgehead atoms. The molecule has 9 heteroatoms. The molecule has 0 radical (unpaired) electrons. The van der Waals surface area contributed by atoms with Gasteiger partial charge in [-0.25, -0.2) is 4.79 Å². The van der Waals surface area contributed by atoms with Crippen molar-refractivity contribution in [1.29, 1.82) is 0 Å². The van der Waals surface area contributed by atoms with Crippen LogP contribution in [0.4, 0.5) is 5.69 Å². The summed E-state index contributed by atoms with van der Waals surface area (Å²) in [6.45, 7) is 1.79. The number of para-hydroxylation sites is 2. The molecule has 1 aromatic heterocycles. The molecule has 3 aromatic carbocycles. The third kappa shape index (κ3) is 2.98. The number of hydrogen-bond donors (Lipinski definition) is 5. The zero-order chi connectivity index (χ0) is 24.4. The summed E-state index contributed by atoms with van der Waals surface area (Å²) >= 11 is 0.992. The minimum absolute atomic E-state index is 0.00329. The third-order valence-corrected chi connectivity index (χ3v) is 7.47. The van der Waals surface area contributed by atoms with Gasteiger partial charge in [-0.05, 0) is 53.9 Å². The van der Waals surface area contributed by atoms with Crippen LogP contribution in [0.2, 0.25) is 0 Å². The number of carboxylic acids is 1. The first-order valence-corrected chi connectivity index (χ1v) is 11.2. The Labute approximate surface area is 198 Å². The highest BCUT2D eigenvalue weighted by molar-refractivity contribution is 7.21.